The summed E-state index contributed by atoms with van der Waals surface area (Å²) in [5.74, 6) is -0.535. The Morgan fingerprint density at radius 1 is 0.711 bits per heavy atom. The van der Waals surface area contributed by atoms with Gasteiger partial charge < -0.3 is 4.74 Å². The molecule has 1 aromatic heterocycles. The maximum Gasteiger partial charge on any atom is 0.343 e. The second-order valence-electron chi connectivity index (χ2n) is 10.2. The molecule has 2 aromatic carbocycles. The molecule has 5 heteroatoms. The van der Waals surface area contributed by atoms with E-state index >= 15 is 0 Å². The van der Waals surface area contributed by atoms with Gasteiger partial charge in [0, 0.05) is 18.5 Å². The molecule has 0 bridgehead atoms. The molecular weight excluding hydrogens is 475 g/mol. The number of ether oxygens (including phenoxy) is 1. The number of esters is 1. The van der Waals surface area contributed by atoms with E-state index in [1.807, 2.05) is 12.1 Å². The Labute approximate surface area is 228 Å². The lowest BCUT2D eigenvalue weighted by Gasteiger charge is -2.08. The lowest BCUT2D eigenvalue weighted by Crippen LogP contribution is -2.09. The van der Waals surface area contributed by atoms with E-state index in [9.17, 15) is 9.18 Å². The van der Waals surface area contributed by atoms with E-state index < -0.39 is 11.8 Å². The van der Waals surface area contributed by atoms with Gasteiger partial charge in [-0.05, 0) is 61.1 Å². The van der Waals surface area contributed by atoms with Gasteiger partial charge in [-0.3, -0.25) is 0 Å². The van der Waals surface area contributed by atoms with E-state index in [2.05, 4.69) is 23.8 Å². The largest absolute Gasteiger partial charge is 0.423 e. The van der Waals surface area contributed by atoms with Crippen LogP contribution < -0.4 is 4.74 Å². The molecule has 0 spiro atoms. The Balaban J connectivity index is 1.48. The molecule has 0 aliphatic heterocycles. The van der Waals surface area contributed by atoms with Crippen LogP contribution in [-0.2, 0) is 12.8 Å². The van der Waals surface area contributed by atoms with Gasteiger partial charge in [0.05, 0.1) is 11.1 Å². The van der Waals surface area contributed by atoms with Crippen LogP contribution in [0.4, 0.5) is 4.39 Å². The number of unbranched alkanes of at least 4 members (excludes halogenated alkanes) is 10. The second kappa shape index (κ2) is 16.7. The summed E-state index contributed by atoms with van der Waals surface area (Å²) in [4.78, 5) is 21.3. The summed E-state index contributed by atoms with van der Waals surface area (Å²) in [6.07, 6.45) is 20.5. The zero-order valence-corrected chi connectivity index (χ0v) is 23.2. The fourth-order valence-corrected chi connectivity index (χ4v) is 4.56. The molecule has 0 saturated heterocycles. The number of aromatic nitrogens is 2. The van der Waals surface area contributed by atoms with E-state index in [-0.39, 0.29) is 11.3 Å². The van der Waals surface area contributed by atoms with Gasteiger partial charge in [0.15, 0.2) is 5.82 Å². The highest BCUT2D eigenvalue weighted by Crippen LogP contribution is 2.24. The summed E-state index contributed by atoms with van der Waals surface area (Å²) < 4.78 is 20.3. The maximum absolute atomic E-state index is 14.8. The number of carbonyl (C=O) groups is 1. The van der Waals surface area contributed by atoms with Crippen LogP contribution in [0.3, 0.4) is 0 Å². The molecule has 4 nitrogen and oxygen atoms in total. The molecule has 3 rings (SSSR count). The van der Waals surface area contributed by atoms with Crippen molar-refractivity contribution >= 4 is 5.97 Å². The molecule has 0 amide bonds. The van der Waals surface area contributed by atoms with Crippen LogP contribution in [0.2, 0.25) is 0 Å². The van der Waals surface area contributed by atoms with Crippen molar-refractivity contribution in [1.29, 1.82) is 0 Å². The van der Waals surface area contributed by atoms with Crippen LogP contribution in [0.25, 0.3) is 11.4 Å². The summed E-state index contributed by atoms with van der Waals surface area (Å²) in [6.45, 7) is 4.45. The first-order chi connectivity index (χ1) is 18.6. The number of carbonyl (C=O) groups excluding carboxylic acids is 1. The summed E-state index contributed by atoms with van der Waals surface area (Å²) in [5, 5.41) is 0. The lowest BCUT2D eigenvalue weighted by molar-refractivity contribution is 0.0734. The number of nitrogens with zero attached hydrogens (tertiary/aromatic N) is 2. The zero-order chi connectivity index (χ0) is 27.0. The summed E-state index contributed by atoms with van der Waals surface area (Å²) in [5.41, 5.74) is 3.01. The first-order valence-electron chi connectivity index (χ1n) is 14.5. The standard InChI is InChI=1S/C33H43FN2O2/c1-3-5-7-9-10-12-14-16-27-24-35-32(36-25-27)30-22-21-29(23-31(30)34)38-33(37)28-19-17-26(18-20-28)15-13-11-8-6-4-2/h17-25H,3-16H2,1-2H3. The van der Waals surface area contributed by atoms with Crippen LogP contribution in [-0.4, -0.2) is 15.9 Å². The molecule has 1 heterocycles. The van der Waals surface area contributed by atoms with Crippen molar-refractivity contribution < 1.29 is 13.9 Å². The first kappa shape index (κ1) is 29.5. The third kappa shape index (κ3) is 10.00. The van der Waals surface area contributed by atoms with E-state index in [0.29, 0.717) is 11.4 Å². The highest BCUT2D eigenvalue weighted by molar-refractivity contribution is 5.91. The Hall–Kier alpha value is -3.08. The Morgan fingerprint density at radius 2 is 1.26 bits per heavy atom. The topological polar surface area (TPSA) is 52.1 Å². The van der Waals surface area contributed by atoms with Gasteiger partial charge in [-0.1, -0.05) is 90.2 Å². The minimum Gasteiger partial charge on any atom is -0.423 e. The van der Waals surface area contributed by atoms with Crippen LogP contribution in [0, 0.1) is 5.82 Å². The third-order valence-corrected chi connectivity index (χ3v) is 6.92. The molecule has 0 N–H and O–H groups in total. The van der Waals surface area contributed by atoms with E-state index in [1.54, 1.807) is 36.7 Å². The van der Waals surface area contributed by atoms with Crippen molar-refractivity contribution in [2.24, 2.45) is 0 Å². The Bertz CT molecular complexity index is 1100. The lowest BCUT2D eigenvalue weighted by atomic mass is 10.0. The van der Waals surface area contributed by atoms with Gasteiger partial charge in [0.25, 0.3) is 0 Å². The zero-order valence-electron chi connectivity index (χ0n) is 23.2. The number of benzene rings is 2. The highest BCUT2D eigenvalue weighted by Gasteiger charge is 2.13. The molecule has 204 valence electrons. The van der Waals surface area contributed by atoms with Crippen LogP contribution in [0.5, 0.6) is 5.75 Å². The molecule has 3 aromatic rings. The van der Waals surface area contributed by atoms with Gasteiger partial charge in [-0.2, -0.15) is 0 Å². The van der Waals surface area contributed by atoms with Crippen LogP contribution >= 0.6 is 0 Å². The monoisotopic (exact) mass is 518 g/mol. The van der Waals surface area contributed by atoms with Crippen molar-refractivity contribution in [2.45, 2.75) is 104 Å². The van der Waals surface area contributed by atoms with Gasteiger partial charge >= 0.3 is 5.97 Å². The Kier molecular flexibility index (Phi) is 13.0. The van der Waals surface area contributed by atoms with E-state index in [1.165, 1.54) is 75.8 Å². The molecule has 0 atom stereocenters. The number of halogens is 1. The van der Waals surface area contributed by atoms with Crippen molar-refractivity contribution in [3.8, 4) is 17.1 Å². The predicted molar refractivity (Wildman–Crippen MR) is 153 cm³/mol. The molecule has 0 aliphatic rings. The van der Waals surface area contributed by atoms with Crippen molar-refractivity contribution in [2.75, 3.05) is 0 Å². The van der Waals surface area contributed by atoms with Gasteiger partial charge in [-0.15, -0.1) is 0 Å². The SMILES string of the molecule is CCCCCCCCCc1cnc(-c2ccc(OC(=O)c3ccc(CCCCCCC)cc3)cc2F)nc1. The van der Waals surface area contributed by atoms with Crippen molar-refractivity contribution in [1.82, 2.24) is 9.97 Å². The highest BCUT2D eigenvalue weighted by atomic mass is 19.1. The molecule has 0 aliphatic carbocycles. The summed E-state index contributed by atoms with van der Waals surface area (Å²) in [7, 11) is 0. The molecule has 0 radical (unpaired) electrons. The Morgan fingerprint density at radius 3 is 1.84 bits per heavy atom. The average Bonchev–Trinajstić information content (AvgIpc) is 2.93. The van der Waals surface area contributed by atoms with Gasteiger partial charge in [-0.25, -0.2) is 19.2 Å². The first-order valence-corrected chi connectivity index (χ1v) is 14.5. The van der Waals surface area contributed by atoms with Crippen LogP contribution in [0.1, 0.15) is 112 Å². The van der Waals surface area contributed by atoms with Crippen LogP contribution in [0.15, 0.2) is 54.9 Å². The molecular formula is C33H43FN2O2. The minimum atomic E-state index is -0.520. The number of hydrogen-bond donors (Lipinski definition) is 0. The van der Waals surface area contributed by atoms with E-state index in [4.69, 9.17) is 4.74 Å². The molecule has 38 heavy (non-hydrogen) atoms. The van der Waals surface area contributed by atoms with E-state index in [0.717, 1.165) is 31.2 Å². The maximum atomic E-state index is 14.8. The average molecular weight is 519 g/mol. The molecule has 0 unspecified atom stereocenters. The third-order valence-electron chi connectivity index (χ3n) is 6.92. The summed E-state index contributed by atoms with van der Waals surface area (Å²) >= 11 is 0. The molecule has 0 saturated carbocycles. The fraction of sp³-hybridized carbons (Fsp3) is 0.485. The number of rotatable bonds is 17. The van der Waals surface area contributed by atoms with Gasteiger partial charge in [0.2, 0.25) is 0 Å². The minimum absolute atomic E-state index is 0.159. The van der Waals surface area contributed by atoms with Crippen molar-refractivity contribution in [3.05, 3.63) is 77.4 Å². The fourth-order valence-electron chi connectivity index (χ4n) is 4.56. The van der Waals surface area contributed by atoms with Crippen molar-refractivity contribution in [3.63, 3.8) is 0 Å². The predicted octanol–water partition coefficient (Wildman–Crippen LogP) is 9.31. The summed E-state index contributed by atoms with van der Waals surface area (Å²) in [6, 6.07) is 11.8. The quantitative estimate of drug-likeness (QED) is 0.101. The second-order valence-corrected chi connectivity index (χ2v) is 10.2. The molecule has 0 fully saturated rings. The number of aryl methyl sites for hydroxylation is 2. The normalized spacial score (nSPS) is 11.0. The number of hydrogen-bond acceptors (Lipinski definition) is 4. The smallest absolute Gasteiger partial charge is 0.343 e. The van der Waals surface area contributed by atoms with Gasteiger partial charge in [0.1, 0.15) is 11.6 Å².